The van der Waals surface area contributed by atoms with Gasteiger partial charge in [-0.2, -0.15) is 0 Å². The number of amides is 2. The summed E-state index contributed by atoms with van der Waals surface area (Å²) in [5.41, 5.74) is 3.77. The first-order valence-corrected chi connectivity index (χ1v) is 10.2. The number of likely N-dealkylation sites (N-methyl/N-ethyl adjacent to an activating group) is 1. The van der Waals surface area contributed by atoms with Crippen molar-refractivity contribution in [2.24, 2.45) is 5.92 Å². The molecule has 3 aromatic rings. The number of hydrogen-bond donors (Lipinski definition) is 1. The van der Waals surface area contributed by atoms with Gasteiger partial charge in [-0.1, -0.05) is 61.9 Å². The average Bonchev–Trinajstić information content (AvgIpc) is 3.16. The van der Waals surface area contributed by atoms with Crippen LogP contribution in [0.5, 0.6) is 0 Å². The molecule has 0 aliphatic rings. The SMILES string of the molecule is CCN(CC(=O)Nc1nc(-c2ccccc2)cn1-c1ccc(C)cc1)C(=O)C(C)C. The van der Waals surface area contributed by atoms with E-state index < -0.39 is 0 Å². The molecule has 6 nitrogen and oxygen atoms in total. The Balaban J connectivity index is 1.90. The molecule has 6 heteroatoms. The highest BCUT2D eigenvalue weighted by Crippen LogP contribution is 2.24. The van der Waals surface area contributed by atoms with Gasteiger partial charge in [-0.05, 0) is 26.0 Å². The number of hydrogen-bond acceptors (Lipinski definition) is 3. The highest BCUT2D eigenvalue weighted by Gasteiger charge is 2.20. The number of aryl methyl sites for hydroxylation is 1. The smallest absolute Gasteiger partial charge is 0.246 e. The summed E-state index contributed by atoms with van der Waals surface area (Å²) in [5.74, 6) is -0.0448. The quantitative estimate of drug-likeness (QED) is 0.639. The molecule has 1 heterocycles. The first kappa shape index (κ1) is 21.3. The van der Waals surface area contributed by atoms with Crippen molar-refractivity contribution in [1.82, 2.24) is 14.5 Å². The van der Waals surface area contributed by atoms with Crippen molar-refractivity contribution in [3.8, 4) is 16.9 Å². The third kappa shape index (κ3) is 4.95. The third-order valence-electron chi connectivity index (χ3n) is 4.86. The van der Waals surface area contributed by atoms with Crippen LogP contribution in [0, 0.1) is 12.8 Å². The van der Waals surface area contributed by atoms with Crippen LogP contribution in [0.15, 0.2) is 60.8 Å². The predicted octanol–water partition coefficient (Wildman–Crippen LogP) is 4.29. The Bertz CT molecular complexity index is 1010. The first-order valence-electron chi connectivity index (χ1n) is 10.2. The molecule has 1 aromatic heterocycles. The third-order valence-corrected chi connectivity index (χ3v) is 4.86. The Kier molecular flexibility index (Phi) is 6.67. The molecular weight excluding hydrogens is 376 g/mol. The highest BCUT2D eigenvalue weighted by atomic mass is 16.2. The molecule has 0 unspecified atom stereocenters. The highest BCUT2D eigenvalue weighted by molar-refractivity contribution is 5.94. The van der Waals surface area contributed by atoms with Crippen LogP contribution in [0.25, 0.3) is 16.9 Å². The monoisotopic (exact) mass is 404 g/mol. The second kappa shape index (κ2) is 9.39. The number of carbonyl (C=O) groups excluding carboxylic acids is 2. The van der Waals surface area contributed by atoms with Gasteiger partial charge in [0.25, 0.3) is 0 Å². The van der Waals surface area contributed by atoms with E-state index in [0.29, 0.717) is 12.5 Å². The van der Waals surface area contributed by atoms with Gasteiger partial charge < -0.3 is 4.90 Å². The Labute approximate surface area is 177 Å². The van der Waals surface area contributed by atoms with E-state index in [-0.39, 0.29) is 24.3 Å². The lowest BCUT2D eigenvalue weighted by Gasteiger charge is -2.22. The fourth-order valence-corrected chi connectivity index (χ4v) is 3.17. The fourth-order valence-electron chi connectivity index (χ4n) is 3.17. The largest absolute Gasteiger partial charge is 0.333 e. The second-order valence-electron chi connectivity index (χ2n) is 7.58. The zero-order valence-electron chi connectivity index (χ0n) is 17.9. The van der Waals surface area contributed by atoms with Crippen LogP contribution < -0.4 is 5.32 Å². The van der Waals surface area contributed by atoms with Crippen molar-refractivity contribution in [2.75, 3.05) is 18.4 Å². The van der Waals surface area contributed by atoms with Gasteiger partial charge >= 0.3 is 0 Å². The van der Waals surface area contributed by atoms with Crippen molar-refractivity contribution in [3.63, 3.8) is 0 Å². The van der Waals surface area contributed by atoms with Crippen LogP contribution in [0.3, 0.4) is 0 Å². The number of carbonyl (C=O) groups is 2. The fraction of sp³-hybridized carbons (Fsp3) is 0.292. The first-order chi connectivity index (χ1) is 14.4. The minimum Gasteiger partial charge on any atom is -0.333 e. The Morgan fingerprint density at radius 1 is 1.07 bits per heavy atom. The van der Waals surface area contributed by atoms with E-state index in [0.717, 1.165) is 22.5 Å². The summed E-state index contributed by atoms with van der Waals surface area (Å²) < 4.78 is 1.86. The average molecular weight is 405 g/mol. The number of rotatable bonds is 7. The van der Waals surface area contributed by atoms with E-state index in [9.17, 15) is 9.59 Å². The van der Waals surface area contributed by atoms with Crippen LogP contribution in [-0.4, -0.2) is 39.4 Å². The Hall–Kier alpha value is -3.41. The lowest BCUT2D eigenvalue weighted by Crippen LogP contribution is -2.40. The Morgan fingerprint density at radius 2 is 1.73 bits per heavy atom. The van der Waals surface area contributed by atoms with Gasteiger partial charge in [-0.15, -0.1) is 0 Å². The molecule has 0 saturated carbocycles. The lowest BCUT2D eigenvalue weighted by molar-refractivity contribution is -0.137. The zero-order chi connectivity index (χ0) is 21.7. The molecule has 0 radical (unpaired) electrons. The summed E-state index contributed by atoms with van der Waals surface area (Å²) >= 11 is 0. The van der Waals surface area contributed by atoms with Crippen molar-refractivity contribution >= 4 is 17.8 Å². The number of nitrogens with one attached hydrogen (secondary N) is 1. The van der Waals surface area contributed by atoms with E-state index in [1.165, 1.54) is 0 Å². The molecule has 30 heavy (non-hydrogen) atoms. The molecule has 0 saturated heterocycles. The maximum absolute atomic E-state index is 12.7. The van der Waals surface area contributed by atoms with Crippen LogP contribution >= 0.6 is 0 Å². The number of nitrogens with zero attached hydrogens (tertiary/aromatic N) is 3. The van der Waals surface area contributed by atoms with Crippen LogP contribution in [0.1, 0.15) is 26.3 Å². The van der Waals surface area contributed by atoms with Crippen molar-refractivity contribution in [2.45, 2.75) is 27.7 Å². The minimum atomic E-state index is -0.274. The van der Waals surface area contributed by atoms with Gasteiger partial charge in [0.15, 0.2) is 0 Å². The van der Waals surface area contributed by atoms with Crippen LogP contribution in [0.4, 0.5) is 5.95 Å². The van der Waals surface area contributed by atoms with Crippen LogP contribution in [0.2, 0.25) is 0 Å². The number of benzene rings is 2. The molecule has 0 bridgehead atoms. The standard InChI is InChI=1S/C24H28N4O2/c1-5-27(23(30)17(2)3)16-22(29)26-24-25-21(19-9-7-6-8-10-19)15-28(24)20-13-11-18(4)12-14-20/h6-15,17H,5,16H2,1-4H3,(H,25,26,29). The molecule has 0 aliphatic carbocycles. The van der Waals surface area contributed by atoms with Crippen molar-refractivity contribution in [3.05, 3.63) is 66.4 Å². The molecule has 0 aliphatic heterocycles. The molecule has 156 valence electrons. The number of imidazole rings is 1. The summed E-state index contributed by atoms with van der Waals surface area (Å²) in [7, 11) is 0. The van der Waals surface area contributed by atoms with E-state index >= 15 is 0 Å². The number of anilines is 1. The number of aromatic nitrogens is 2. The molecule has 0 spiro atoms. The summed E-state index contributed by atoms with van der Waals surface area (Å²) in [6.07, 6.45) is 1.91. The normalized spacial score (nSPS) is 10.8. The van der Waals surface area contributed by atoms with Gasteiger partial charge in [0.2, 0.25) is 17.8 Å². The maximum atomic E-state index is 12.7. The van der Waals surface area contributed by atoms with Crippen molar-refractivity contribution < 1.29 is 9.59 Å². The van der Waals surface area contributed by atoms with E-state index in [1.807, 2.05) is 93.1 Å². The van der Waals surface area contributed by atoms with Gasteiger partial charge in [0.05, 0.1) is 12.2 Å². The van der Waals surface area contributed by atoms with Gasteiger partial charge in [-0.3, -0.25) is 19.5 Å². The van der Waals surface area contributed by atoms with E-state index in [4.69, 9.17) is 0 Å². The maximum Gasteiger partial charge on any atom is 0.246 e. The van der Waals surface area contributed by atoms with Gasteiger partial charge in [0, 0.05) is 29.9 Å². The van der Waals surface area contributed by atoms with E-state index in [2.05, 4.69) is 10.3 Å². The molecule has 1 N–H and O–H groups in total. The second-order valence-corrected chi connectivity index (χ2v) is 7.58. The summed E-state index contributed by atoms with van der Waals surface area (Å²) in [6, 6.07) is 17.8. The van der Waals surface area contributed by atoms with Crippen molar-refractivity contribution in [1.29, 1.82) is 0 Å². The molecule has 0 atom stereocenters. The summed E-state index contributed by atoms with van der Waals surface area (Å²) in [4.78, 5) is 31.2. The topological polar surface area (TPSA) is 67.2 Å². The van der Waals surface area contributed by atoms with E-state index in [1.54, 1.807) is 4.90 Å². The zero-order valence-corrected chi connectivity index (χ0v) is 17.9. The lowest BCUT2D eigenvalue weighted by atomic mass is 10.2. The minimum absolute atomic E-state index is 0.00502. The van der Waals surface area contributed by atoms with Gasteiger partial charge in [0.1, 0.15) is 0 Å². The molecule has 3 rings (SSSR count). The predicted molar refractivity (Wildman–Crippen MR) is 119 cm³/mol. The molecule has 0 fully saturated rings. The van der Waals surface area contributed by atoms with Gasteiger partial charge in [-0.25, -0.2) is 4.98 Å². The molecule has 2 aromatic carbocycles. The summed E-state index contributed by atoms with van der Waals surface area (Å²) in [6.45, 7) is 8.04. The molecular formula is C24H28N4O2. The van der Waals surface area contributed by atoms with Crippen LogP contribution in [-0.2, 0) is 9.59 Å². The Morgan fingerprint density at radius 3 is 2.33 bits per heavy atom. The summed E-state index contributed by atoms with van der Waals surface area (Å²) in [5, 5.41) is 2.89. The molecule has 2 amide bonds.